The van der Waals surface area contributed by atoms with Crippen molar-refractivity contribution in [2.45, 2.75) is 26.4 Å². The van der Waals surface area contributed by atoms with E-state index in [9.17, 15) is 4.79 Å². The maximum absolute atomic E-state index is 13.2. The van der Waals surface area contributed by atoms with Gasteiger partial charge in [-0.2, -0.15) is 0 Å². The van der Waals surface area contributed by atoms with Gasteiger partial charge in [0.05, 0.1) is 26.0 Å². The molecule has 1 saturated heterocycles. The van der Waals surface area contributed by atoms with Crippen molar-refractivity contribution in [3.8, 4) is 5.75 Å². The van der Waals surface area contributed by atoms with Crippen LogP contribution in [0, 0.1) is 6.92 Å². The Kier molecular flexibility index (Phi) is 6.01. The smallest absolute Gasteiger partial charge is 0.274 e. The van der Waals surface area contributed by atoms with Crippen molar-refractivity contribution >= 4 is 11.6 Å². The summed E-state index contributed by atoms with van der Waals surface area (Å²) in [7, 11) is 1.67. The van der Waals surface area contributed by atoms with Crippen LogP contribution in [-0.4, -0.2) is 53.6 Å². The van der Waals surface area contributed by atoms with Gasteiger partial charge in [-0.15, -0.1) is 0 Å². The number of pyridine rings is 1. The van der Waals surface area contributed by atoms with Crippen LogP contribution in [0.3, 0.4) is 0 Å². The molecular formula is C23H28N4O3. The van der Waals surface area contributed by atoms with Crippen LogP contribution in [-0.2, 0) is 11.3 Å². The third kappa shape index (κ3) is 4.04. The Morgan fingerprint density at radius 2 is 2.07 bits per heavy atom. The first-order chi connectivity index (χ1) is 14.6. The third-order valence-electron chi connectivity index (χ3n) is 5.61. The number of amides is 1. The molecule has 0 spiro atoms. The summed E-state index contributed by atoms with van der Waals surface area (Å²) in [6.07, 6.45) is 1.97. The molecule has 1 amide bonds. The molecular weight excluding hydrogens is 380 g/mol. The number of aromatic nitrogens is 2. The standard InChI is InChI=1S/C23H28N4O3/c1-16-6-5-9-27-20(15-24-17(2)18-7-4-8-19(14-18)29-3)21(25-22(16)27)23(28)26-10-12-30-13-11-26/h4-9,14,17,24H,10-13,15H2,1-3H3/t17-/m1/s1. The van der Waals surface area contributed by atoms with Gasteiger partial charge < -0.3 is 24.1 Å². The second kappa shape index (κ2) is 8.85. The summed E-state index contributed by atoms with van der Waals surface area (Å²) in [4.78, 5) is 19.8. The zero-order valence-electron chi connectivity index (χ0n) is 17.7. The Bertz CT molecular complexity index is 1040. The van der Waals surface area contributed by atoms with E-state index in [1.54, 1.807) is 7.11 Å². The Morgan fingerprint density at radius 3 is 2.83 bits per heavy atom. The molecule has 7 heteroatoms. The van der Waals surface area contributed by atoms with Crippen molar-refractivity contribution in [3.05, 3.63) is 65.1 Å². The van der Waals surface area contributed by atoms with Gasteiger partial charge in [-0.3, -0.25) is 4.79 Å². The summed E-state index contributed by atoms with van der Waals surface area (Å²) in [5.41, 5.74) is 4.37. The number of hydrogen-bond donors (Lipinski definition) is 1. The molecule has 3 aromatic rings. The molecule has 3 heterocycles. The monoisotopic (exact) mass is 408 g/mol. The van der Waals surface area contributed by atoms with E-state index in [1.165, 1.54) is 0 Å². The molecule has 0 saturated carbocycles. The number of nitrogens with zero attached hydrogens (tertiary/aromatic N) is 3. The van der Waals surface area contributed by atoms with Gasteiger partial charge in [0.15, 0.2) is 5.69 Å². The SMILES string of the molecule is COc1cccc([C@@H](C)NCc2c(C(=O)N3CCOCC3)nc3c(C)cccn23)c1. The topological polar surface area (TPSA) is 68.1 Å². The summed E-state index contributed by atoms with van der Waals surface area (Å²) in [5.74, 6) is 0.794. The van der Waals surface area contributed by atoms with Gasteiger partial charge in [0.1, 0.15) is 11.4 Å². The molecule has 1 fully saturated rings. The largest absolute Gasteiger partial charge is 0.497 e. The highest BCUT2D eigenvalue weighted by molar-refractivity contribution is 5.94. The Balaban J connectivity index is 1.63. The van der Waals surface area contributed by atoms with E-state index < -0.39 is 0 Å². The minimum Gasteiger partial charge on any atom is -0.497 e. The fourth-order valence-corrected chi connectivity index (χ4v) is 3.79. The maximum Gasteiger partial charge on any atom is 0.274 e. The summed E-state index contributed by atoms with van der Waals surface area (Å²) >= 11 is 0. The van der Waals surface area contributed by atoms with Crippen molar-refractivity contribution < 1.29 is 14.3 Å². The molecule has 4 rings (SSSR count). The van der Waals surface area contributed by atoms with Gasteiger partial charge in [0.25, 0.3) is 5.91 Å². The van der Waals surface area contributed by atoms with Crippen LogP contribution in [0.4, 0.5) is 0 Å². The van der Waals surface area contributed by atoms with E-state index in [0.29, 0.717) is 38.5 Å². The number of nitrogens with one attached hydrogen (secondary N) is 1. The molecule has 7 nitrogen and oxygen atoms in total. The van der Waals surface area contributed by atoms with Crippen LogP contribution in [0.2, 0.25) is 0 Å². The third-order valence-corrected chi connectivity index (χ3v) is 5.61. The van der Waals surface area contributed by atoms with E-state index in [0.717, 1.165) is 28.2 Å². The van der Waals surface area contributed by atoms with Gasteiger partial charge in [-0.05, 0) is 43.2 Å². The van der Waals surface area contributed by atoms with Crippen LogP contribution in [0.5, 0.6) is 5.75 Å². The van der Waals surface area contributed by atoms with Crippen LogP contribution in [0.15, 0.2) is 42.6 Å². The fourth-order valence-electron chi connectivity index (χ4n) is 3.79. The highest BCUT2D eigenvalue weighted by Crippen LogP contribution is 2.22. The average Bonchev–Trinajstić information content (AvgIpc) is 3.17. The summed E-state index contributed by atoms with van der Waals surface area (Å²) in [5, 5.41) is 3.55. The van der Waals surface area contributed by atoms with Gasteiger partial charge in [0.2, 0.25) is 0 Å². The molecule has 0 radical (unpaired) electrons. The molecule has 30 heavy (non-hydrogen) atoms. The van der Waals surface area contributed by atoms with Gasteiger partial charge in [0, 0.05) is 31.9 Å². The van der Waals surface area contributed by atoms with Crippen molar-refractivity contribution in [1.29, 1.82) is 0 Å². The first-order valence-corrected chi connectivity index (χ1v) is 10.3. The fraction of sp³-hybridized carbons (Fsp3) is 0.391. The maximum atomic E-state index is 13.2. The predicted octanol–water partition coefficient (Wildman–Crippen LogP) is 2.97. The molecule has 1 atom stereocenters. The van der Waals surface area contributed by atoms with Crippen molar-refractivity contribution in [3.63, 3.8) is 0 Å². The first kappa shape index (κ1) is 20.4. The number of rotatable bonds is 6. The molecule has 1 aliphatic heterocycles. The normalized spacial score (nSPS) is 15.4. The van der Waals surface area contributed by atoms with E-state index >= 15 is 0 Å². The van der Waals surface area contributed by atoms with E-state index in [2.05, 4.69) is 18.3 Å². The van der Waals surface area contributed by atoms with Gasteiger partial charge in [-0.25, -0.2) is 4.98 Å². The Labute approximate surface area is 176 Å². The number of carbonyl (C=O) groups excluding carboxylic acids is 1. The molecule has 0 bridgehead atoms. The zero-order valence-corrected chi connectivity index (χ0v) is 17.7. The first-order valence-electron chi connectivity index (χ1n) is 10.3. The second-order valence-electron chi connectivity index (χ2n) is 7.58. The number of imidazole rings is 1. The zero-order chi connectivity index (χ0) is 21.1. The van der Waals surface area contributed by atoms with Crippen LogP contribution in [0.25, 0.3) is 5.65 Å². The minimum absolute atomic E-state index is 0.0350. The number of hydrogen-bond acceptors (Lipinski definition) is 5. The molecule has 0 unspecified atom stereocenters. The lowest BCUT2D eigenvalue weighted by Crippen LogP contribution is -2.41. The van der Waals surface area contributed by atoms with E-state index in [-0.39, 0.29) is 11.9 Å². The molecule has 1 aromatic carbocycles. The van der Waals surface area contributed by atoms with Gasteiger partial charge in [-0.1, -0.05) is 18.2 Å². The molecule has 158 valence electrons. The number of benzene rings is 1. The van der Waals surface area contributed by atoms with Crippen molar-refractivity contribution in [1.82, 2.24) is 19.6 Å². The highest BCUT2D eigenvalue weighted by atomic mass is 16.5. The lowest BCUT2D eigenvalue weighted by molar-refractivity contribution is 0.0298. The number of ether oxygens (including phenoxy) is 2. The Morgan fingerprint density at radius 1 is 1.27 bits per heavy atom. The summed E-state index contributed by atoms with van der Waals surface area (Å²) in [6.45, 7) is 6.97. The lowest BCUT2D eigenvalue weighted by atomic mass is 10.1. The summed E-state index contributed by atoms with van der Waals surface area (Å²) < 4.78 is 12.8. The average molecular weight is 409 g/mol. The summed E-state index contributed by atoms with van der Waals surface area (Å²) in [6, 6.07) is 12.1. The van der Waals surface area contributed by atoms with Crippen LogP contribution >= 0.6 is 0 Å². The number of aryl methyl sites for hydroxylation is 1. The van der Waals surface area contributed by atoms with Crippen LogP contribution in [0.1, 0.15) is 40.3 Å². The van der Waals surface area contributed by atoms with E-state index in [4.69, 9.17) is 14.5 Å². The molecule has 1 aliphatic rings. The predicted molar refractivity (Wildman–Crippen MR) is 115 cm³/mol. The molecule has 1 N–H and O–H groups in total. The van der Waals surface area contributed by atoms with Crippen molar-refractivity contribution in [2.24, 2.45) is 0 Å². The van der Waals surface area contributed by atoms with Crippen molar-refractivity contribution in [2.75, 3.05) is 33.4 Å². The molecule has 2 aromatic heterocycles. The van der Waals surface area contributed by atoms with Crippen LogP contribution < -0.4 is 10.1 Å². The Hall–Kier alpha value is -2.90. The molecule has 0 aliphatic carbocycles. The quantitative estimate of drug-likeness (QED) is 0.679. The van der Waals surface area contributed by atoms with E-state index in [1.807, 2.05) is 52.8 Å². The van der Waals surface area contributed by atoms with Gasteiger partial charge >= 0.3 is 0 Å². The number of methoxy groups -OCH3 is 1. The number of fused-ring (bicyclic) bond motifs is 1. The number of carbonyl (C=O) groups is 1. The second-order valence-corrected chi connectivity index (χ2v) is 7.58. The number of morpholine rings is 1. The lowest BCUT2D eigenvalue weighted by Gasteiger charge is -2.26. The minimum atomic E-state index is -0.0350. The highest BCUT2D eigenvalue weighted by Gasteiger charge is 2.26.